The van der Waals surface area contributed by atoms with Gasteiger partial charge in [0.25, 0.3) is 0 Å². The highest BCUT2D eigenvalue weighted by Crippen LogP contribution is 2.23. The molecule has 2 heteroatoms. The first kappa shape index (κ1) is 10.8. The zero-order valence-corrected chi connectivity index (χ0v) is 9.60. The molecule has 0 saturated carbocycles. The Kier molecular flexibility index (Phi) is 3.28. The van der Waals surface area contributed by atoms with Crippen LogP contribution in [-0.4, -0.2) is 18.2 Å². The molecule has 0 fully saturated rings. The first-order chi connectivity index (χ1) is 6.61. The van der Waals surface area contributed by atoms with E-state index in [9.17, 15) is 0 Å². The zero-order chi connectivity index (χ0) is 10.7. The smallest absolute Gasteiger partial charge is 0.0284 e. The van der Waals surface area contributed by atoms with Crippen molar-refractivity contribution in [2.45, 2.75) is 27.7 Å². The lowest BCUT2D eigenvalue weighted by Crippen LogP contribution is -1.89. The fourth-order valence-electron chi connectivity index (χ4n) is 1.76. The minimum atomic E-state index is 1.19. The Labute approximate surface area is 85.8 Å². The second-order valence-corrected chi connectivity index (χ2v) is 3.51. The molecule has 0 aliphatic heterocycles. The number of aromatic amines is 1. The maximum atomic E-state index is 4.07. The van der Waals surface area contributed by atoms with Crippen LogP contribution in [0.3, 0.4) is 0 Å². The summed E-state index contributed by atoms with van der Waals surface area (Å²) in [7, 11) is 1.80. The molecular weight excluding hydrogens is 172 g/mol. The van der Waals surface area contributed by atoms with Gasteiger partial charge in [0.15, 0.2) is 0 Å². The molecule has 0 atom stereocenters. The van der Waals surface area contributed by atoms with Crippen molar-refractivity contribution < 1.29 is 0 Å². The van der Waals surface area contributed by atoms with Crippen molar-refractivity contribution in [1.82, 2.24) is 4.98 Å². The number of aryl methyl sites for hydroxylation is 2. The third-order valence-electron chi connectivity index (χ3n) is 2.56. The second-order valence-electron chi connectivity index (χ2n) is 3.51. The average molecular weight is 190 g/mol. The quantitative estimate of drug-likeness (QED) is 0.694. The molecule has 0 saturated heterocycles. The summed E-state index contributed by atoms with van der Waals surface area (Å²) in [6, 6.07) is 0. The largest absolute Gasteiger partial charge is 0.362 e. The number of aromatic nitrogens is 1. The van der Waals surface area contributed by atoms with Crippen LogP contribution < -0.4 is 0 Å². The molecule has 1 N–H and O–H groups in total. The highest BCUT2D eigenvalue weighted by atomic mass is 14.7. The highest BCUT2D eigenvalue weighted by molar-refractivity contribution is 6.10. The molecule has 0 aromatic carbocycles. The molecule has 1 aromatic rings. The highest BCUT2D eigenvalue weighted by Gasteiger charge is 2.10. The summed E-state index contributed by atoms with van der Waals surface area (Å²) < 4.78 is 0. The van der Waals surface area contributed by atoms with Gasteiger partial charge < -0.3 is 4.98 Å². The monoisotopic (exact) mass is 190 g/mol. The van der Waals surface area contributed by atoms with Crippen LogP contribution in [0.25, 0.3) is 5.57 Å². The fourth-order valence-corrected chi connectivity index (χ4v) is 1.76. The van der Waals surface area contributed by atoms with Crippen molar-refractivity contribution in [1.29, 1.82) is 0 Å². The van der Waals surface area contributed by atoms with Crippen LogP contribution in [0.2, 0.25) is 0 Å². The normalized spacial score (nSPS) is 12.8. The van der Waals surface area contributed by atoms with Crippen LogP contribution in [0.5, 0.6) is 0 Å². The predicted octanol–water partition coefficient (Wildman–Crippen LogP) is 3.04. The summed E-state index contributed by atoms with van der Waals surface area (Å²) in [6.07, 6.45) is 4.00. The molecule has 0 spiro atoms. The molecule has 1 rings (SSSR count). The van der Waals surface area contributed by atoms with E-state index in [0.717, 1.165) is 0 Å². The van der Waals surface area contributed by atoms with Crippen molar-refractivity contribution in [2.24, 2.45) is 4.99 Å². The third kappa shape index (κ3) is 1.79. The molecule has 0 unspecified atom stereocenters. The standard InChI is InChI=1S/C12H18N2/c1-6-11(7-13-5)12-8(2)9(3)14-10(12)4/h6-7,14H,1-5H3/b11-6+,13-7-. The molecule has 0 amide bonds. The Bertz CT molecular complexity index is 381. The molecule has 0 bridgehead atoms. The minimum Gasteiger partial charge on any atom is -0.362 e. The van der Waals surface area contributed by atoms with Crippen molar-refractivity contribution in [2.75, 3.05) is 7.05 Å². The van der Waals surface area contributed by atoms with Crippen molar-refractivity contribution in [3.8, 4) is 0 Å². The molecule has 2 nitrogen and oxygen atoms in total. The van der Waals surface area contributed by atoms with Crippen molar-refractivity contribution in [3.63, 3.8) is 0 Å². The van der Waals surface area contributed by atoms with E-state index in [1.54, 1.807) is 7.05 Å². The van der Waals surface area contributed by atoms with Gasteiger partial charge in [-0.2, -0.15) is 0 Å². The molecule has 0 aliphatic rings. The lowest BCUT2D eigenvalue weighted by atomic mass is 10.0. The van der Waals surface area contributed by atoms with Crippen molar-refractivity contribution in [3.05, 3.63) is 28.6 Å². The van der Waals surface area contributed by atoms with Crippen LogP contribution in [0.15, 0.2) is 11.1 Å². The summed E-state index contributed by atoms with van der Waals surface area (Å²) in [5.41, 5.74) is 6.24. The van der Waals surface area contributed by atoms with Gasteiger partial charge >= 0.3 is 0 Å². The topological polar surface area (TPSA) is 28.1 Å². The Morgan fingerprint density at radius 3 is 2.21 bits per heavy atom. The van der Waals surface area contributed by atoms with Crippen molar-refractivity contribution >= 4 is 11.8 Å². The number of H-pyrrole nitrogens is 1. The van der Waals surface area contributed by atoms with Gasteiger partial charge in [0, 0.05) is 30.2 Å². The maximum absolute atomic E-state index is 4.07. The van der Waals surface area contributed by atoms with Crippen LogP contribution in [0, 0.1) is 20.8 Å². The molecule has 14 heavy (non-hydrogen) atoms. The third-order valence-corrected chi connectivity index (χ3v) is 2.56. The lowest BCUT2D eigenvalue weighted by molar-refractivity contribution is 1.17. The maximum Gasteiger partial charge on any atom is 0.0284 e. The van der Waals surface area contributed by atoms with Crippen LogP contribution >= 0.6 is 0 Å². The van der Waals surface area contributed by atoms with E-state index in [2.05, 4.69) is 36.8 Å². The van der Waals surface area contributed by atoms with Gasteiger partial charge in [0.05, 0.1) is 0 Å². The summed E-state index contributed by atoms with van der Waals surface area (Å²) in [5, 5.41) is 0. The molecule has 0 aliphatic carbocycles. The number of rotatable bonds is 2. The zero-order valence-electron chi connectivity index (χ0n) is 9.60. The van der Waals surface area contributed by atoms with E-state index in [4.69, 9.17) is 0 Å². The van der Waals surface area contributed by atoms with Gasteiger partial charge in [0.2, 0.25) is 0 Å². The summed E-state index contributed by atoms with van der Waals surface area (Å²) in [6.45, 7) is 8.38. The lowest BCUT2D eigenvalue weighted by Gasteiger charge is -2.02. The molecular formula is C12H18N2. The first-order valence-electron chi connectivity index (χ1n) is 4.86. The number of allylic oxidation sites excluding steroid dienone is 2. The number of hydrogen-bond acceptors (Lipinski definition) is 1. The Morgan fingerprint density at radius 1 is 1.21 bits per heavy atom. The Hall–Kier alpha value is -1.31. The van der Waals surface area contributed by atoms with Crippen LogP contribution in [0.4, 0.5) is 0 Å². The summed E-state index contributed by atoms with van der Waals surface area (Å²) in [4.78, 5) is 7.41. The first-order valence-corrected chi connectivity index (χ1v) is 4.86. The van der Waals surface area contributed by atoms with Gasteiger partial charge in [-0.05, 0) is 38.8 Å². The van der Waals surface area contributed by atoms with E-state index in [1.807, 2.05) is 13.1 Å². The van der Waals surface area contributed by atoms with Crippen LogP contribution in [-0.2, 0) is 0 Å². The van der Waals surface area contributed by atoms with Gasteiger partial charge in [0.1, 0.15) is 0 Å². The number of hydrogen-bond donors (Lipinski definition) is 1. The molecule has 1 heterocycles. The number of aliphatic imine (C=N–C) groups is 1. The van der Waals surface area contributed by atoms with E-state index < -0.39 is 0 Å². The van der Waals surface area contributed by atoms with E-state index in [-0.39, 0.29) is 0 Å². The Morgan fingerprint density at radius 2 is 1.86 bits per heavy atom. The van der Waals surface area contributed by atoms with E-state index in [0.29, 0.717) is 0 Å². The summed E-state index contributed by atoms with van der Waals surface area (Å²) in [5.74, 6) is 0. The second kappa shape index (κ2) is 4.27. The number of nitrogens with one attached hydrogen (secondary N) is 1. The van der Waals surface area contributed by atoms with Gasteiger partial charge in [-0.1, -0.05) is 6.08 Å². The van der Waals surface area contributed by atoms with E-state index >= 15 is 0 Å². The van der Waals surface area contributed by atoms with Gasteiger partial charge in [-0.15, -0.1) is 0 Å². The SMILES string of the molecule is C/C=C(\C=N/C)c1c(C)[nH]c(C)c1C. The molecule has 0 radical (unpaired) electrons. The van der Waals surface area contributed by atoms with Gasteiger partial charge in [-0.3, -0.25) is 4.99 Å². The van der Waals surface area contributed by atoms with Gasteiger partial charge in [-0.25, -0.2) is 0 Å². The molecule has 1 aromatic heterocycles. The predicted molar refractivity (Wildman–Crippen MR) is 63.1 cm³/mol. The minimum absolute atomic E-state index is 1.19. The summed E-state index contributed by atoms with van der Waals surface area (Å²) >= 11 is 0. The van der Waals surface area contributed by atoms with E-state index in [1.165, 1.54) is 28.1 Å². The average Bonchev–Trinajstić information content (AvgIpc) is 2.39. The van der Waals surface area contributed by atoms with Crippen LogP contribution in [0.1, 0.15) is 29.4 Å². The Balaban J connectivity index is 3.30. The molecule has 76 valence electrons. The fraction of sp³-hybridized carbons (Fsp3) is 0.417. The number of nitrogens with zero attached hydrogens (tertiary/aromatic N) is 1.